The molecule has 0 aliphatic heterocycles. The Labute approximate surface area is 117 Å². The minimum absolute atomic E-state index is 0.0691. The zero-order chi connectivity index (χ0) is 14.3. The number of ether oxygens (including phenoxy) is 1. The van der Waals surface area contributed by atoms with Gasteiger partial charge in [-0.1, -0.05) is 31.2 Å². The first-order valence-electron chi connectivity index (χ1n) is 6.63. The number of rotatable bonds is 3. The van der Waals surface area contributed by atoms with Gasteiger partial charge >= 0.3 is 5.97 Å². The van der Waals surface area contributed by atoms with Gasteiger partial charge in [-0.3, -0.25) is 4.79 Å². The van der Waals surface area contributed by atoms with Gasteiger partial charge in [0, 0.05) is 5.92 Å². The van der Waals surface area contributed by atoms with Gasteiger partial charge in [0.2, 0.25) is 0 Å². The molecule has 0 radical (unpaired) electrons. The standard InChI is InChI=1S/C17H16O3/c1-10-15-7-11(8-17(18)19)3-5-13(15)14-6-4-12(20-2)9-16(10)14/h3-7,9-10H,8H2,1-2H3,(H,18,19). The third kappa shape index (κ3) is 1.95. The van der Waals surface area contributed by atoms with Crippen molar-refractivity contribution in [3.63, 3.8) is 0 Å². The van der Waals surface area contributed by atoms with Crippen LogP contribution in [-0.2, 0) is 11.2 Å². The quantitative estimate of drug-likeness (QED) is 0.927. The molecule has 1 aliphatic carbocycles. The number of carboxylic acid groups (broad SMARTS) is 1. The Hall–Kier alpha value is -2.29. The summed E-state index contributed by atoms with van der Waals surface area (Å²) in [6.45, 7) is 2.15. The Bertz CT molecular complexity index is 689. The topological polar surface area (TPSA) is 46.5 Å². The molecule has 1 N–H and O–H groups in total. The van der Waals surface area contributed by atoms with E-state index in [1.54, 1.807) is 7.11 Å². The lowest BCUT2D eigenvalue weighted by Gasteiger charge is -2.08. The second-order valence-electron chi connectivity index (χ2n) is 5.17. The fraction of sp³-hybridized carbons (Fsp3) is 0.235. The van der Waals surface area contributed by atoms with Crippen LogP contribution in [-0.4, -0.2) is 18.2 Å². The van der Waals surface area contributed by atoms with Gasteiger partial charge in [-0.15, -0.1) is 0 Å². The van der Waals surface area contributed by atoms with E-state index in [0.29, 0.717) is 0 Å². The molecule has 1 unspecified atom stereocenters. The third-order valence-corrected chi connectivity index (χ3v) is 3.95. The van der Waals surface area contributed by atoms with E-state index in [0.717, 1.165) is 11.3 Å². The van der Waals surface area contributed by atoms with E-state index < -0.39 is 5.97 Å². The van der Waals surface area contributed by atoms with Gasteiger partial charge < -0.3 is 9.84 Å². The molecule has 1 aliphatic rings. The molecular formula is C17H16O3. The molecular weight excluding hydrogens is 252 g/mol. The van der Waals surface area contributed by atoms with Crippen molar-refractivity contribution in [3.05, 3.63) is 53.1 Å². The van der Waals surface area contributed by atoms with E-state index in [4.69, 9.17) is 9.84 Å². The summed E-state index contributed by atoms with van der Waals surface area (Å²) in [4.78, 5) is 10.8. The molecule has 3 heteroatoms. The van der Waals surface area contributed by atoms with Gasteiger partial charge in [-0.2, -0.15) is 0 Å². The van der Waals surface area contributed by atoms with Crippen LogP contribution in [0.5, 0.6) is 5.75 Å². The third-order valence-electron chi connectivity index (χ3n) is 3.95. The molecule has 20 heavy (non-hydrogen) atoms. The van der Waals surface area contributed by atoms with Crippen LogP contribution in [0.1, 0.15) is 29.5 Å². The number of carboxylic acids is 1. The average Bonchev–Trinajstić information content (AvgIpc) is 2.71. The van der Waals surface area contributed by atoms with Crippen molar-refractivity contribution >= 4 is 5.97 Å². The number of aliphatic carboxylic acids is 1. The minimum Gasteiger partial charge on any atom is -0.497 e. The fourth-order valence-corrected chi connectivity index (χ4v) is 2.94. The maximum atomic E-state index is 10.8. The van der Waals surface area contributed by atoms with E-state index in [-0.39, 0.29) is 12.3 Å². The van der Waals surface area contributed by atoms with Gasteiger partial charge in [-0.25, -0.2) is 0 Å². The Balaban J connectivity index is 2.07. The SMILES string of the molecule is COc1ccc2c(c1)C(C)c1cc(CC(=O)O)ccc1-2. The summed E-state index contributed by atoms with van der Waals surface area (Å²) in [6.07, 6.45) is 0.0691. The van der Waals surface area contributed by atoms with E-state index in [9.17, 15) is 4.79 Å². The summed E-state index contributed by atoms with van der Waals surface area (Å²) in [6, 6.07) is 12.1. The molecule has 0 amide bonds. The van der Waals surface area contributed by atoms with Gasteiger partial charge in [0.25, 0.3) is 0 Å². The molecule has 3 rings (SSSR count). The maximum Gasteiger partial charge on any atom is 0.307 e. The van der Waals surface area contributed by atoms with Crippen LogP contribution >= 0.6 is 0 Å². The van der Waals surface area contributed by atoms with Crippen molar-refractivity contribution in [2.45, 2.75) is 19.3 Å². The van der Waals surface area contributed by atoms with Crippen LogP contribution in [0.25, 0.3) is 11.1 Å². The Kier molecular flexibility index (Phi) is 2.97. The Morgan fingerprint density at radius 3 is 2.45 bits per heavy atom. The molecule has 0 fully saturated rings. The van der Waals surface area contributed by atoms with Crippen molar-refractivity contribution < 1.29 is 14.6 Å². The zero-order valence-electron chi connectivity index (χ0n) is 11.5. The monoisotopic (exact) mass is 268 g/mol. The predicted octanol–water partition coefficient (Wildman–Crippen LogP) is 3.45. The lowest BCUT2D eigenvalue weighted by Crippen LogP contribution is -2.01. The maximum absolute atomic E-state index is 10.8. The highest BCUT2D eigenvalue weighted by Crippen LogP contribution is 2.46. The average molecular weight is 268 g/mol. The summed E-state index contributed by atoms with van der Waals surface area (Å²) in [7, 11) is 1.67. The smallest absolute Gasteiger partial charge is 0.307 e. The first-order valence-corrected chi connectivity index (χ1v) is 6.63. The molecule has 2 aromatic carbocycles. The normalized spacial score (nSPS) is 15.6. The summed E-state index contributed by atoms with van der Waals surface area (Å²) < 4.78 is 5.29. The van der Waals surface area contributed by atoms with Crippen LogP contribution < -0.4 is 4.74 Å². The van der Waals surface area contributed by atoms with E-state index in [1.807, 2.05) is 24.3 Å². The van der Waals surface area contributed by atoms with Crippen LogP contribution in [0.4, 0.5) is 0 Å². The molecule has 0 spiro atoms. The van der Waals surface area contributed by atoms with Crippen LogP contribution in [0.15, 0.2) is 36.4 Å². The van der Waals surface area contributed by atoms with E-state index >= 15 is 0 Å². The lowest BCUT2D eigenvalue weighted by molar-refractivity contribution is -0.136. The minimum atomic E-state index is -0.796. The van der Waals surface area contributed by atoms with Crippen molar-refractivity contribution in [1.29, 1.82) is 0 Å². The highest BCUT2D eigenvalue weighted by atomic mass is 16.5. The van der Waals surface area contributed by atoms with Gasteiger partial charge in [-0.05, 0) is 39.9 Å². The molecule has 0 bridgehead atoms. The zero-order valence-corrected chi connectivity index (χ0v) is 11.5. The summed E-state index contributed by atoms with van der Waals surface area (Å²) in [5.74, 6) is 0.327. The van der Waals surface area contributed by atoms with Crippen molar-refractivity contribution in [1.82, 2.24) is 0 Å². The second kappa shape index (κ2) is 4.67. The molecule has 1 atom stereocenters. The molecule has 0 aromatic heterocycles. The van der Waals surface area contributed by atoms with Gasteiger partial charge in [0.1, 0.15) is 5.75 Å². The molecule has 102 valence electrons. The first kappa shape index (κ1) is 12.7. The molecule has 2 aromatic rings. The Morgan fingerprint density at radius 2 is 1.80 bits per heavy atom. The van der Waals surface area contributed by atoms with Crippen molar-refractivity contribution in [3.8, 4) is 16.9 Å². The summed E-state index contributed by atoms with van der Waals surface area (Å²) >= 11 is 0. The summed E-state index contributed by atoms with van der Waals surface area (Å²) in [5, 5.41) is 8.91. The van der Waals surface area contributed by atoms with Crippen molar-refractivity contribution in [2.24, 2.45) is 0 Å². The van der Waals surface area contributed by atoms with E-state index in [1.165, 1.54) is 22.3 Å². The number of carbonyl (C=O) groups is 1. The highest BCUT2D eigenvalue weighted by Gasteiger charge is 2.26. The number of hydrogen-bond donors (Lipinski definition) is 1. The summed E-state index contributed by atoms with van der Waals surface area (Å²) in [5.41, 5.74) is 5.71. The lowest BCUT2D eigenvalue weighted by atomic mass is 9.97. The Morgan fingerprint density at radius 1 is 1.15 bits per heavy atom. The number of benzene rings is 2. The molecule has 0 heterocycles. The fourth-order valence-electron chi connectivity index (χ4n) is 2.94. The number of hydrogen-bond acceptors (Lipinski definition) is 2. The van der Waals surface area contributed by atoms with Crippen LogP contribution in [0, 0.1) is 0 Å². The van der Waals surface area contributed by atoms with Gasteiger partial charge in [0.05, 0.1) is 13.5 Å². The second-order valence-corrected chi connectivity index (χ2v) is 5.17. The van der Waals surface area contributed by atoms with Crippen LogP contribution in [0.2, 0.25) is 0 Å². The first-order chi connectivity index (χ1) is 9.60. The molecule has 0 saturated carbocycles. The largest absolute Gasteiger partial charge is 0.497 e. The number of fused-ring (bicyclic) bond motifs is 3. The van der Waals surface area contributed by atoms with Crippen molar-refractivity contribution in [2.75, 3.05) is 7.11 Å². The van der Waals surface area contributed by atoms with Crippen LogP contribution in [0.3, 0.4) is 0 Å². The molecule has 0 saturated heterocycles. The highest BCUT2D eigenvalue weighted by molar-refractivity contribution is 5.80. The van der Waals surface area contributed by atoms with E-state index in [2.05, 4.69) is 19.1 Å². The molecule has 3 nitrogen and oxygen atoms in total. The van der Waals surface area contributed by atoms with Gasteiger partial charge in [0.15, 0.2) is 0 Å². The predicted molar refractivity (Wildman–Crippen MR) is 77.3 cm³/mol. The number of methoxy groups -OCH3 is 1.